The van der Waals surface area contributed by atoms with Gasteiger partial charge in [-0.2, -0.15) is 0 Å². The quantitative estimate of drug-likeness (QED) is 0.745. The van der Waals surface area contributed by atoms with Gasteiger partial charge in [0.05, 0.1) is 26.4 Å². The van der Waals surface area contributed by atoms with Gasteiger partial charge in [-0.1, -0.05) is 11.6 Å². The van der Waals surface area contributed by atoms with Gasteiger partial charge in [-0.25, -0.2) is 9.18 Å². The number of urea groups is 1. The minimum absolute atomic E-state index is 0.0493. The topological polar surface area (TPSA) is 60.0 Å². The van der Waals surface area contributed by atoms with Gasteiger partial charge in [0, 0.05) is 29.6 Å². The molecule has 1 aliphatic rings. The van der Waals surface area contributed by atoms with Crippen LogP contribution >= 0.6 is 23.4 Å². The molecule has 2 amide bonds. The molecule has 0 aliphatic carbocycles. The van der Waals surface area contributed by atoms with Crippen LogP contribution in [0.1, 0.15) is 10.9 Å². The molecule has 3 rings (SSSR count). The molecular formula is C19H20ClFN2O4S. The van der Waals surface area contributed by atoms with E-state index in [9.17, 15) is 9.18 Å². The maximum Gasteiger partial charge on any atom is 0.323 e. The number of hydrogen-bond acceptors (Lipinski definition) is 5. The minimum atomic E-state index is -0.538. The lowest BCUT2D eigenvalue weighted by molar-refractivity contribution is 0.213. The Kier molecular flexibility index (Phi) is 6.41. The van der Waals surface area contributed by atoms with E-state index in [0.29, 0.717) is 29.5 Å². The fourth-order valence-electron chi connectivity index (χ4n) is 2.95. The highest BCUT2D eigenvalue weighted by molar-refractivity contribution is 7.99. The smallest absolute Gasteiger partial charge is 0.323 e. The lowest BCUT2D eigenvalue weighted by atomic mass is 10.1. The average molecular weight is 427 g/mol. The van der Waals surface area contributed by atoms with E-state index in [1.54, 1.807) is 44.1 Å². The summed E-state index contributed by atoms with van der Waals surface area (Å²) in [6.07, 6.45) is 0. The molecule has 28 heavy (non-hydrogen) atoms. The number of benzene rings is 2. The predicted molar refractivity (Wildman–Crippen MR) is 108 cm³/mol. The highest BCUT2D eigenvalue weighted by atomic mass is 35.5. The van der Waals surface area contributed by atoms with E-state index in [4.69, 9.17) is 25.8 Å². The Bertz CT molecular complexity index is 883. The molecule has 2 aromatic carbocycles. The van der Waals surface area contributed by atoms with Crippen molar-refractivity contribution in [2.45, 2.75) is 5.37 Å². The Hall–Kier alpha value is -2.32. The molecule has 6 nitrogen and oxygen atoms in total. The van der Waals surface area contributed by atoms with Crippen LogP contribution in [0.4, 0.5) is 14.9 Å². The summed E-state index contributed by atoms with van der Waals surface area (Å²) in [6, 6.07) is 7.30. The van der Waals surface area contributed by atoms with Crippen LogP contribution in [0.25, 0.3) is 0 Å². The summed E-state index contributed by atoms with van der Waals surface area (Å²) in [5.74, 6) is 1.92. The van der Waals surface area contributed by atoms with Gasteiger partial charge in [-0.15, -0.1) is 11.8 Å². The van der Waals surface area contributed by atoms with E-state index in [0.717, 1.165) is 11.3 Å². The molecule has 1 saturated heterocycles. The van der Waals surface area contributed by atoms with E-state index < -0.39 is 5.82 Å². The minimum Gasteiger partial charge on any atom is -0.496 e. The molecule has 1 aliphatic heterocycles. The maximum absolute atomic E-state index is 13.3. The van der Waals surface area contributed by atoms with Crippen LogP contribution in [0.3, 0.4) is 0 Å². The number of hydrogen-bond donors (Lipinski definition) is 1. The number of anilines is 1. The maximum atomic E-state index is 13.3. The second-order valence-corrected chi connectivity index (χ2v) is 7.52. The van der Waals surface area contributed by atoms with Gasteiger partial charge in [0.25, 0.3) is 0 Å². The zero-order chi connectivity index (χ0) is 20.3. The average Bonchev–Trinajstić information content (AvgIpc) is 3.19. The van der Waals surface area contributed by atoms with E-state index in [-0.39, 0.29) is 16.4 Å². The Morgan fingerprint density at radius 2 is 1.82 bits per heavy atom. The highest BCUT2D eigenvalue weighted by Gasteiger charge is 2.33. The molecule has 1 unspecified atom stereocenters. The molecule has 0 spiro atoms. The van der Waals surface area contributed by atoms with E-state index >= 15 is 0 Å². The van der Waals surface area contributed by atoms with Gasteiger partial charge in [-0.3, -0.25) is 0 Å². The van der Waals surface area contributed by atoms with Gasteiger partial charge in [-0.05, 0) is 24.3 Å². The van der Waals surface area contributed by atoms with Crippen LogP contribution < -0.4 is 19.5 Å². The molecule has 0 aromatic heterocycles. The molecular weight excluding hydrogens is 407 g/mol. The molecule has 1 heterocycles. The third kappa shape index (κ3) is 4.07. The number of halogens is 2. The summed E-state index contributed by atoms with van der Waals surface area (Å²) in [5.41, 5.74) is 1.22. The summed E-state index contributed by atoms with van der Waals surface area (Å²) >= 11 is 7.41. The van der Waals surface area contributed by atoms with E-state index in [2.05, 4.69) is 5.32 Å². The second-order valence-electron chi connectivity index (χ2n) is 5.92. The molecule has 1 atom stereocenters. The molecule has 1 fully saturated rings. The van der Waals surface area contributed by atoms with Gasteiger partial charge in [0.1, 0.15) is 16.9 Å². The summed E-state index contributed by atoms with van der Waals surface area (Å²) < 4.78 is 29.6. The van der Waals surface area contributed by atoms with Crippen molar-refractivity contribution in [3.63, 3.8) is 0 Å². The Morgan fingerprint density at radius 3 is 2.46 bits per heavy atom. The number of methoxy groups -OCH3 is 3. The lowest BCUT2D eigenvalue weighted by Gasteiger charge is -2.26. The van der Waals surface area contributed by atoms with Crippen LogP contribution in [0.2, 0.25) is 5.02 Å². The van der Waals surface area contributed by atoms with Gasteiger partial charge in [0.15, 0.2) is 11.5 Å². The lowest BCUT2D eigenvalue weighted by Crippen LogP contribution is -2.34. The van der Waals surface area contributed by atoms with Crippen LogP contribution in [0.5, 0.6) is 17.2 Å². The summed E-state index contributed by atoms with van der Waals surface area (Å²) in [4.78, 5) is 14.5. The first-order chi connectivity index (χ1) is 13.5. The fraction of sp³-hybridized carbons (Fsp3) is 0.316. The van der Waals surface area contributed by atoms with Crippen LogP contribution in [0, 0.1) is 5.82 Å². The van der Waals surface area contributed by atoms with Gasteiger partial charge in [0.2, 0.25) is 0 Å². The number of nitrogens with zero attached hydrogens (tertiary/aromatic N) is 1. The Balaban J connectivity index is 1.88. The number of carbonyl (C=O) groups is 1. The van der Waals surface area contributed by atoms with Crippen LogP contribution in [-0.4, -0.2) is 44.6 Å². The van der Waals surface area contributed by atoms with Crippen molar-refractivity contribution in [2.75, 3.05) is 38.9 Å². The standard InChI is InChI=1S/C19H20ClFN2O4S/c1-25-15-10-17(27-3)16(26-2)9-12(15)18-23(6-7-28-18)19(24)22-11-4-5-14(21)13(20)8-11/h4-5,8-10,18H,6-7H2,1-3H3,(H,22,24). The SMILES string of the molecule is COc1cc(OC)c(C2SCCN2C(=O)Nc2ccc(F)c(Cl)c2)cc1OC. The number of carbonyl (C=O) groups excluding carboxylic acids is 1. The molecule has 0 bridgehead atoms. The monoisotopic (exact) mass is 426 g/mol. The van der Waals surface area contributed by atoms with E-state index in [1.807, 2.05) is 6.07 Å². The number of thioether (sulfide) groups is 1. The fourth-order valence-corrected chi connectivity index (χ4v) is 4.40. The normalized spacial score (nSPS) is 16.0. The molecule has 1 N–H and O–H groups in total. The first-order valence-electron chi connectivity index (χ1n) is 8.42. The van der Waals surface area contributed by atoms with Gasteiger partial charge < -0.3 is 24.4 Å². The first-order valence-corrected chi connectivity index (χ1v) is 9.85. The van der Waals surface area contributed by atoms with Crippen molar-refractivity contribution in [1.29, 1.82) is 0 Å². The number of ether oxygens (including phenoxy) is 3. The number of amides is 2. The highest BCUT2D eigenvalue weighted by Crippen LogP contribution is 2.46. The number of nitrogens with one attached hydrogen (secondary N) is 1. The van der Waals surface area contributed by atoms with Crippen molar-refractivity contribution in [3.8, 4) is 17.2 Å². The summed E-state index contributed by atoms with van der Waals surface area (Å²) in [6.45, 7) is 0.549. The van der Waals surface area contributed by atoms with Crippen molar-refractivity contribution >= 4 is 35.1 Å². The van der Waals surface area contributed by atoms with Crippen molar-refractivity contribution < 1.29 is 23.4 Å². The van der Waals surface area contributed by atoms with Crippen LogP contribution in [0.15, 0.2) is 30.3 Å². The van der Waals surface area contributed by atoms with Crippen molar-refractivity contribution in [3.05, 3.63) is 46.7 Å². The van der Waals surface area contributed by atoms with Gasteiger partial charge >= 0.3 is 6.03 Å². The third-order valence-electron chi connectivity index (χ3n) is 4.32. The largest absolute Gasteiger partial charge is 0.496 e. The zero-order valence-electron chi connectivity index (χ0n) is 15.6. The molecule has 0 saturated carbocycles. The Labute approximate surface area is 171 Å². The molecule has 2 aromatic rings. The summed E-state index contributed by atoms with van der Waals surface area (Å²) in [7, 11) is 4.67. The molecule has 9 heteroatoms. The second kappa shape index (κ2) is 8.79. The van der Waals surface area contributed by atoms with Crippen molar-refractivity contribution in [1.82, 2.24) is 4.90 Å². The Morgan fingerprint density at radius 1 is 1.14 bits per heavy atom. The molecule has 150 valence electrons. The number of rotatable bonds is 5. The third-order valence-corrected chi connectivity index (χ3v) is 5.86. The predicted octanol–water partition coefficient (Wildman–Crippen LogP) is 4.78. The van der Waals surface area contributed by atoms with Crippen molar-refractivity contribution in [2.24, 2.45) is 0 Å². The molecule has 0 radical (unpaired) electrons. The van der Waals surface area contributed by atoms with Crippen LogP contribution in [-0.2, 0) is 0 Å². The first kappa shape index (κ1) is 20.4. The summed E-state index contributed by atoms with van der Waals surface area (Å²) in [5, 5.41) is 2.44. The zero-order valence-corrected chi connectivity index (χ0v) is 17.2. The van der Waals surface area contributed by atoms with E-state index in [1.165, 1.54) is 18.2 Å².